The van der Waals surface area contributed by atoms with Crippen LogP contribution in [0.4, 0.5) is 13.2 Å². The second-order valence-corrected chi connectivity index (χ2v) is 3.59. The summed E-state index contributed by atoms with van der Waals surface area (Å²) >= 11 is 0. The number of hydrogen-bond donors (Lipinski definition) is 1. The third-order valence-corrected chi connectivity index (χ3v) is 2.05. The van der Waals surface area contributed by atoms with E-state index in [-0.39, 0.29) is 6.61 Å². The van der Waals surface area contributed by atoms with Crippen LogP contribution in [-0.4, -0.2) is 20.2 Å². The van der Waals surface area contributed by atoms with Crippen LogP contribution in [0.1, 0.15) is 5.56 Å². The molecule has 2 nitrogen and oxygen atoms in total. The maximum Gasteiger partial charge on any atom is 0.416 e. The van der Waals surface area contributed by atoms with E-state index in [2.05, 4.69) is 11.9 Å². The van der Waals surface area contributed by atoms with Crippen molar-refractivity contribution < 1.29 is 17.9 Å². The Labute approximate surface area is 98.1 Å². The van der Waals surface area contributed by atoms with Gasteiger partial charge in [0.15, 0.2) is 0 Å². The van der Waals surface area contributed by atoms with Gasteiger partial charge in [-0.1, -0.05) is 6.58 Å². The van der Waals surface area contributed by atoms with Crippen LogP contribution in [0.2, 0.25) is 0 Å². The summed E-state index contributed by atoms with van der Waals surface area (Å²) < 4.78 is 42.1. The fourth-order valence-corrected chi connectivity index (χ4v) is 1.23. The van der Waals surface area contributed by atoms with Gasteiger partial charge in [-0.3, -0.25) is 0 Å². The van der Waals surface area contributed by atoms with Gasteiger partial charge in [0, 0.05) is 6.54 Å². The predicted molar refractivity (Wildman–Crippen MR) is 60.0 cm³/mol. The Hall–Kier alpha value is -1.49. The number of likely N-dealkylation sites (N-methyl/N-ethyl adjacent to an activating group) is 1. The molecular formula is C12H14F3NO. The lowest BCUT2D eigenvalue weighted by atomic mass is 10.2. The smallest absolute Gasteiger partial charge is 0.416 e. The Morgan fingerprint density at radius 1 is 1.29 bits per heavy atom. The number of halogens is 3. The van der Waals surface area contributed by atoms with Gasteiger partial charge in [0.1, 0.15) is 12.4 Å². The molecule has 1 N–H and O–H groups in total. The van der Waals surface area contributed by atoms with E-state index in [9.17, 15) is 13.2 Å². The van der Waals surface area contributed by atoms with E-state index in [1.807, 2.05) is 0 Å². The van der Waals surface area contributed by atoms with Gasteiger partial charge in [-0.25, -0.2) is 0 Å². The van der Waals surface area contributed by atoms with Gasteiger partial charge >= 0.3 is 6.18 Å². The number of benzene rings is 1. The number of alkyl halides is 3. The molecule has 5 heteroatoms. The molecule has 17 heavy (non-hydrogen) atoms. The monoisotopic (exact) mass is 245 g/mol. The second kappa shape index (κ2) is 5.72. The van der Waals surface area contributed by atoms with Crippen molar-refractivity contribution in [1.29, 1.82) is 0 Å². The minimum Gasteiger partial charge on any atom is -0.489 e. The molecule has 0 fully saturated rings. The van der Waals surface area contributed by atoms with Gasteiger partial charge in [0.2, 0.25) is 0 Å². The molecule has 1 aromatic rings. The minimum absolute atomic E-state index is 0.284. The lowest BCUT2D eigenvalue weighted by Gasteiger charge is -2.10. The molecule has 94 valence electrons. The largest absolute Gasteiger partial charge is 0.489 e. The first-order valence-electron chi connectivity index (χ1n) is 5.05. The zero-order chi connectivity index (χ0) is 12.9. The molecule has 0 unspecified atom stereocenters. The van der Waals surface area contributed by atoms with Gasteiger partial charge < -0.3 is 10.1 Å². The van der Waals surface area contributed by atoms with E-state index < -0.39 is 11.7 Å². The normalized spacial score (nSPS) is 11.3. The van der Waals surface area contributed by atoms with Crippen LogP contribution in [0.5, 0.6) is 5.75 Å². The topological polar surface area (TPSA) is 21.3 Å². The van der Waals surface area contributed by atoms with Crippen LogP contribution >= 0.6 is 0 Å². The summed E-state index contributed by atoms with van der Waals surface area (Å²) in [7, 11) is 1.78. The van der Waals surface area contributed by atoms with E-state index in [0.717, 1.165) is 17.7 Å². The highest BCUT2D eigenvalue weighted by molar-refractivity contribution is 5.29. The van der Waals surface area contributed by atoms with Crippen molar-refractivity contribution in [3.05, 3.63) is 42.0 Å². The summed E-state index contributed by atoms with van der Waals surface area (Å²) in [5.41, 5.74) is 0.145. The van der Waals surface area contributed by atoms with Crippen LogP contribution in [0.25, 0.3) is 0 Å². The first-order chi connectivity index (χ1) is 7.93. The van der Waals surface area contributed by atoms with Crippen molar-refractivity contribution in [2.75, 3.05) is 20.2 Å². The van der Waals surface area contributed by atoms with Gasteiger partial charge in [-0.15, -0.1) is 0 Å². The van der Waals surface area contributed by atoms with Crippen LogP contribution in [-0.2, 0) is 6.18 Å². The molecular weight excluding hydrogens is 231 g/mol. The summed E-state index contributed by atoms with van der Waals surface area (Å²) in [6.07, 6.45) is -4.31. The summed E-state index contributed by atoms with van der Waals surface area (Å²) in [6.45, 7) is 4.64. The second-order valence-electron chi connectivity index (χ2n) is 3.59. The Bertz CT molecular complexity index is 370. The maximum atomic E-state index is 12.3. The molecule has 0 atom stereocenters. The molecule has 1 rings (SSSR count). The van der Waals surface area contributed by atoms with Crippen molar-refractivity contribution in [1.82, 2.24) is 5.32 Å². The lowest BCUT2D eigenvalue weighted by molar-refractivity contribution is -0.137. The summed E-state index contributed by atoms with van der Waals surface area (Å²) in [5, 5.41) is 2.90. The Morgan fingerprint density at radius 2 is 1.88 bits per heavy atom. The van der Waals surface area contributed by atoms with Crippen molar-refractivity contribution in [2.24, 2.45) is 0 Å². The molecule has 1 aromatic carbocycles. The van der Waals surface area contributed by atoms with Crippen molar-refractivity contribution in [3.63, 3.8) is 0 Å². The van der Waals surface area contributed by atoms with Gasteiger partial charge in [0.25, 0.3) is 0 Å². The average Bonchev–Trinajstić information content (AvgIpc) is 2.26. The zero-order valence-electron chi connectivity index (χ0n) is 9.47. The van der Waals surface area contributed by atoms with E-state index >= 15 is 0 Å². The Morgan fingerprint density at radius 3 is 2.35 bits per heavy atom. The first kappa shape index (κ1) is 13.6. The number of hydrogen-bond acceptors (Lipinski definition) is 2. The fraction of sp³-hybridized carbons (Fsp3) is 0.333. The lowest BCUT2D eigenvalue weighted by Crippen LogP contribution is -2.14. The maximum absolute atomic E-state index is 12.3. The van der Waals surface area contributed by atoms with Gasteiger partial charge in [-0.05, 0) is 36.9 Å². The molecule has 0 amide bonds. The van der Waals surface area contributed by atoms with E-state index in [0.29, 0.717) is 12.3 Å². The first-order valence-corrected chi connectivity index (χ1v) is 5.05. The highest BCUT2D eigenvalue weighted by atomic mass is 19.4. The third kappa shape index (κ3) is 4.48. The standard InChI is InChI=1S/C12H14F3NO/c1-9(7-16-2)8-17-11-5-3-10(4-6-11)12(13,14)15/h3-6,16H,1,7-8H2,2H3. The molecule has 0 heterocycles. The zero-order valence-corrected chi connectivity index (χ0v) is 9.47. The van der Waals surface area contributed by atoms with Crippen LogP contribution in [0, 0.1) is 0 Å². The van der Waals surface area contributed by atoms with Crippen molar-refractivity contribution in [2.45, 2.75) is 6.18 Å². The van der Waals surface area contributed by atoms with Crippen molar-refractivity contribution >= 4 is 0 Å². The molecule has 0 saturated heterocycles. The SMILES string of the molecule is C=C(CNC)COc1ccc(C(F)(F)F)cc1. The highest BCUT2D eigenvalue weighted by Crippen LogP contribution is 2.30. The summed E-state index contributed by atoms with van der Waals surface area (Å²) in [6, 6.07) is 4.59. The molecule has 0 aliphatic carbocycles. The Kier molecular flexibility index (Phi) is 4.57. The average molecular weight is 245 g/mol. The summed E-state index contributed by atoms with van der Waals surface area (Å²) in [4.78, 5) is 0. The third-order valence-electron chi connectivity index (χ3n) is 2.05. The molecule has 0 radical (unpaired) electrons. The van der Waals surface area contributed by atoms with Crippen molar-refractivity contribution in [3.8, 4) is 5.75 Å². The molecule has 0 aromatic heterocycles. The quantitative estimate of drug-likeness (QED) is 0.805. The number of ether oxygens (including phenoxy) is 1. The fourth-order valence-electron chi connectivity index (χ4n) is 1.23. The van der Waals surface area contributed by atoms with E-state index in [1.165, 1.54) is 12.1 Å². The minimum atomic E-state index is -4.31. The Balaban J connectivity index is 2.54. The van der Waals surface area contributed by atoms with Crippen LogP contribution < -0.4 is 10.1 Å². The van der Waals surface area contributed by atoms with E-state index in [4.69, 9.17) is 4.74 Å². The van der Waals surface area contributed by atoms with Gasteiger partial charge in [-0.2, -0.15) is 13.2 Å². The predicted octanol–water partition coefficient (Wildman–Crippen LogP) is 2.86. The van der Waals surface area contributed by atoms with Crippen LogP contribution in [0.3, 0.4) is 0 Å². The molecule has 0 bridgehead atoms. The summed E-state index contributed by atoms with van der Waals surface area (Å²) in [5.74, 6) is 0.398. The molecule has 0 saturated carbocycles. The molecule has 0 aliphatic heterocycles. The highest BCUT2D eigenvalue weighted by Gasteiger charge is 2.29. The van der Waals surface area contributed by atoms with E-state index in [1.54, 1.807) is 7.05 Å². The molecule has 0 spiro atoms. The van der Waals surface area contributed by atoms with Crippen LogP contribution in [0.15, 0.2) is 36.4 Å². The number of nitrogens with one attached hydrogen (secondary N) is 1. The molecule has 0 aliphatic rings. The number of rotatable bonds is 5. The van der Waals surface area contributed by atoms with Gasteiger partial charge in [0.05, 0.1) is 5.56 Å².